The molecule has 2 heterocycles. The van der Waals surface area contributed by atoms with Crippen LogP contribution in [0.4, 0.5) is 16.2 Å². The number of halogens is 1. The summed E-state index contributed by atoms with van der Waals surface area (Å²) in [5.74, 6) is 1.59. The van der Waals surface area contributed by atoms with Crippen molar-refractivity contribution in [2.75, 3.05) is 30.4 Å². The highest BCUT2D eigenvalue weighted by Gasteiger charge is 2.34. The smallest absolute Gasteiger partial charge is 0.234 e. The predicted molar refractivity (Wildman–Crippen MR) is 135 cm³/mol. The lowest BCUT2D eigenvalue weighted by molar-refractivity contribution is 0.292. The number of thiocarbonyl (C=S) groups is 1. The molecule has 1 aliphatic heterocycles. The summed E-state index contributed by atoms with van der Waals surface area (Å²) in [5, 5.41) is 7.03. The van der Waals surface area contributed by atoms with Crippen LogP contribution in [0.15, 0.2) is 30.3 Å². The van der Waals surface area contributed by atoms with Crippen LogP contribution in [0.3, 0.4) is 0 Å². The van der Waals surface area contributed by atoms with E-state index in [1.54, 1.807) is 19.2 Å². The van der Waals surface area contributed by atoms with Crippen molar-refractivity contribution >= 4 is 29.1 Å². The molecule has 1 atom stereocenters. The molecule has 178 valence electrons. The van der Waals surface area contributed by atoms with Gasteiger partial charge in [-0.05, 0) is 68.9 Å². The molecule has 8 heteroatoms. The molecule has 0 radical (unpaired) electrons. The van der Waals surface area contributed by atoms with Crippen molar-refractivity contribution in [3.63, 3.8) is 0 Å². The molecule has 1 saturated heterocycles. The van der Waals surface area contributed by atoms with E-state index in [4.69, 9.17) is 21.9 Å². The van der Waals surface area contributed by atoms with E-state index in [2.05, 4.69) is 27.4 Å². The quantitative estimate of drug-likeness (QED) is 0.562. The number of ether oxygens (including phenoxy) is 1. The molecule has 33 heavy (non-hydrogen) atoms. The summed E-state index contributed by atoms with van der Waals surface area (Å²) in [6.45, 7) is 3.89. The number of hydrogen-bond donors (Lipinski definition) is 2. The summed E-state index contributed by atoms with van der Waals surface area (Å²) >= 11 is 5.61. The Morgan fingerprint density at radius 3 is 2.61 bits per heavy atom. The normalized spacial score (nSPS) is 20.2. The van der Waals surface area contributed by atoms with Crippen molar-refractivity contribution in [2.45, 2.75) is 69.7 Å². The first kappa shape index (κ1) is 23.7. The number of piperidine rings is 1. The molecular formula is C25H34FN5OS. The van der Waals surface area contributed by atoms with Crippen LogP contribution in [-0.2, 0) is 5.41 Å². The number of methoxy groups -OCH3 is 1. The lowest BCUT2D eigenvalue weighted by atomic mass is 9.69. The Morgan fingerprint density at radius 1 is 1.15 bits per heavy atom. The van der Waals surface area contributed by atoms with Crippen molar-refractivity contribution in [3.8, 4) is 5.88 Å². The monoisotopic (exact) mass is 471 g/mol. The minimum absolute atomic E-state index is 0.0542. The fourth-order valence-corrected chi connectivity index (χ4v) is 5.32. The molecule has 1 aromatic carbocycles. The molecule has 2 fully saturated rings. The van der Waals surface area contributed by atoms with E-state index in [0.717, 1.165) is 56.5 Å². The van der Waals surface area contributed by atoms with Gasteiger partial charge in [0.05, 0.1) is 7.11 Å². The Balaban J connectivity index is 1.46. The summed E-state index contributed by atoms with van der Waals surface area (Å²) in [5.41, 5.74) is 1.11. The van der Waals surface area contributed by atoms with E-state index < -0.39 is 0 Å². The Morgan fingerprint density at radius 2 is 1.91 bits per heavy atom. The Hall–Kier alpha value is -2.48. The largest absolute Gasteiger partial charge is 0.481 e. The van der Waals surface area contributed by atoms with E-state index in [0.29, 0.717) is 29.5 Å². The lowest BCUT2D eigenvalue weighted by Crippen LogP contribution is -2.43. The second-order valence-corrected chi connectivity index (χ2v) is 9.69. The third kappa shape index (κ3) is 5.72. The molecule has 6 nitrogen and oxygen atoms in total. The minimum atomic E-state index is -0.205. The van der Waals surface area contributed by atoms with Crippen LogP contribution in [0.1, 0.15) is 63.9 Å². The summed E-state index contributed by atoms with van der Waals surface area (Å²) in [6.07, 6.45) is 9.23. The topological polar surface area (TPSA) is 62.3 Å². The molecule has 2 aromatic rings. The zero-order valence-corrected chi connectivity index (χ0v) is 20.4. The van der Waals surface area contributed by atoms with Gasteiger partial charge in [-0.2, -0.15) is 9.97 Å². The fraction of sp³-hybridized carbons (Fsp3) is 0.560. The number of hydrogen-bond acceptors (Lipinski definition) is 5. The van der Waals surface area contributed by atoms with Crippen molar-refractivity contribution in [3.05, 3.63) is 41.7 Å². The van der Waals surface area contributed by atoms with Crippen LogP contribution in [-0.4, -0.2) is 41.3 Å². The first-order chi connectivity index (χ1) is 16.0. The zero-order valence-electron chi connectivity index (χ0n) is 19.6. The van der Waals surface area contributed by atoms with Crippen LogP contribution >= 0.6 is 12.2 Å². The van der Waals surface area contributed by atoms with E-state index in [1.807, 2.05) is 18.2 Å². The number of rotatable bonds is 6. The zero-order chi connectivity index (χ0) is 23.3. The summed E-state index contributed by atoms with van der Waals surface area (Å²) in [6, 6.07) is 9.24. The van der Waals surface area contributed by atoms with Gasteiger partial charge >= 0.3 is 0 Å². The number of nitrogens with one attached hydrogen (secondary N) is 2. The van der Waals surface area contributed by atoms with E-state index in [9.17, 15) is 4.39 Å². The summed E-state index contributed by atoms with van der Waals surface area (Å²) < 4.78 is 18.9. The third-order valence-corrected chi connectivity index (χ3v) is 7.32. The van der Waals surface area contributed by atoms with Crippen molar-refractivity contribution in [2.24, 2.45) is 0 Å². The van der Waals surface area contributed by atoms with Gasteiger partial charge in [0, 0.05) is 30.6 Å². The maximum absolute atomic E-state index is 13.5. The SMILES string of the molecule is COc1cc(N2CCCCC2C)nc(NC(=S)NCC2(c3ccc(F)cc3)CCCCC2)n1. The minimum Gasteiger partial charge on any atom is -0.481 e. The van der Waals surface area contributed by atoms with Gasteiger partial charge in [-0.25, -0.2) is 4.39 Å². The molecule has 0 amide bonds. The van der Waals surface area contributed by atoms with Gasteiger partial charge < -0.3 is 20.3 Å². The standard InChI is InChI=1S/C25H34FN5OS/c1-18-8-4-7-15-31(18)21-16-22(32-2)29-23(28-21)30-24(33)27-17-25(13-5-3-6-14-25)19-9-11-20(26)12-10-19/h9-12,16,18H,3-8,13-15,17H2,1-2H3,(H2,27,28,29,30,33). The van der Waals surface area contributed by atoms with Crippen LogP contribution in [0.5, 0.6) is 5.88 Å². The molecule has 2 aliphatic rings. The average molecular weight is 472 g/mol. The number of benzene rings is 1. The molecular weight excluding hydrogens is 437 g/mol. The van der Waals surface area contributed by atoms with Crippen LogP contribution < -0.4 is 20.3 Å². The second-order valence-electron chi connectivity index (χ2n) is 9.29. The van der Waals surface area contributed by atoms with E-state index >= 15 is 0 Å². The molecule has 0 spiro atoms. The highest BCUT2D eigenvalue weighted by atomic mass is 32.1. The molecule has 1 unspecified atom stereocenters. The average Bonchev–Trinajstić information content (AvgIpc) is 2.84. The second kappa shape index (κ2) is 10.6. The first-order valence-electron chi connectivity index (χ1n) is 12.0. The molecule has 4 rings (SSSR count). The van der Waals surface area contributed by atoms with Gasteiger partial charge in [0.1, 0.15) is 11.6 Å². The Kier molecular flexibility index (Phi) is 7.63. The lowest BCUT2D eigenvalue weighted by Gasteiger charge is -2.38. The van der Waals surface area contributed by atoms with Gasteiger partial charge in [0.15, 0.2) is 5.11 Å². The number of aromatic nitrogens is 2. The highest BCUT2D eigenvalue weighted by molar-refractivity contribution is 7.80. The van der Waals surface area contributed by atoms with Crippen molar-refractivity contribution in [1.82, 2.24) is 15.3 Å². The van der Waals surface area contributed by atoms with Crippen molar-refractivity contribution < 1.29 is 9.13 Å². The predicted octanol–water partition coefficient (Wildman–Crippen LogP) is 5.19. The van der Waals surface area contributed by atoms with Gasteiger partial charge in [-0.1, -0.05) is 31.4 Å². The highest BCUT2D eigenvalue weighted by Crippen LogP contribution is 2.39. The van der Waals surface area contributed by atoms with E-state index in [1.165, 1.54) is 12.8 Å². The van der Waals surface area contributed by atoms with E-state index in [-0.39, 0.29) is 11.2 Å². The van der Waals surface area contributed by atoms with Gasteiger partial charge in [-0.15, -0.1) is 0 Å². The molecule has 2 N–H and O–H groups in total. The Labute approximate surface area is 201 Å². The number of nitrogens with zero attached hydrogens (tertiary/aromatic N) is 3. The maximum Gasteiger partial charge on any atom is 0.234 e. The fourth-order valence-electron chi connectivity index (χ4n) is 5.15. The van der Waals surface area contributed by atoms with Crippen LogP contribution in [0, 0.1) is 5.82 Å². The van der Waals surface area contributed by atoms with Crippen molar-refractivity contribution in [1.29, 1.82) is 0 Å². The van der Waals surface area contributed by atoms with Gasteiger partial charge in [-0.3, -0.25) is 0 Å². The van der Waals surface area contributed by atoms with Crippen LogP contribution in [0.25, 0.3) is 0 Å². The van der Waals surface area contributed by atoms with Gasteiger partial charge in [0.2, 0.25) is 11.8 Å². The molecule has 0 bridgehead atoms. The first-order valence-corrected chi connectivity index (χ1v) is 12.4. The maximum atomic E-state index is 13.5. The Bertz CT molecular complexity index is 948. The number of anilines is 2. The summed E-state index contributed by atoms with van der Waals surface area (Å²) in [7, 11) is 1.61. The molecule has 1 aliphatic carbocycles. The van der Waals surface area contributed by atoms with Gasteiger partial charge in [0.25, 0.3) is 0 Å². The van der Waals surface area contributed by atoms with Crippen LogP contribution in [0.2, 0.25) is 0 Å². The molecule has 1 aromatic heterocycles. The summed E-state index contributed by atoms with van der Waals surface area (Å²) in [4.78, 5) is 11.5. The third-order valence-electron chi connectivity index (χ3n) is 7.08. The molecule has 1 saturated carbocycles.